The van der Waals surface area contributed by atoms with Crippen molar-refractivity contribution in [1.29, 1.82) is 0 Å². The lowest BCUT2D eigenvalue weighted by atomic mass is 10.1. The number of ether oxygens (including phenoxy) is 1. The summed E-state index contributed by atoms with van der Waals surface area (Å²) in [6.07, 6.45) is 5.28. The molecule has 0 radical (unpaired) electrons. The number of carbonyl (C=O) groups is 1. The van der Waals surface area contributed by atoms with Gasteiger partial charge in [-0.1, -0.05) is 12.1 Å². The van der Waals surface area contributed by atoms with Gasteiger partial charge >= 0.3 is 0 Å². The van der Waals surface area contributed by atoms with E-state index in [-0.39, 0.29) is 5.91 Å². The lowest BCUT2D eigenvalue weighted by Crippen LogP contribution is -2.36. The second kappa shape index (κ2) is 8.16. The third-order valence-electron chi connectivity index (χ3n) is 4.83. The minimum Gasteiger partial charge on any atom is -0.437 e. The molecule has 0 bridgehead atoms. The SMILES string of the molecule is N/C(=C1\Nc2ccccc2O1)c1ccnc(NCCCN2CCCCC2=O)n1. The highest BCUT2D eigenvalue weighted by Gasteiger charge is 2.20. The molecule has 3 heterocycles. The van der Waals surface area contributed by atoms with E-state index in [1.165, 1.54) is 0 Å². The van der Waals surface area contributed by atoms with Crippen LogP contribution < -0.4 is 21.1 Å². The molecule has 1 aromatic carbocycles. The van der Waals surface area contributed by atoms with Crippen LogP contribution >= 0.6 is 0 Å². The average Bonchev–Trinajstić information content (AvgIpc) is 3.16. The van der Waals surface area contributed by atoms with E-state index in [1.807, 2.05) is 29.2 Å². The predicted octanol–water partition coefficient (Wildman–Crippen LogP) is 2.38. The summed E-state index contributed by atoms with van der Waals surface area (Å²) in [5, 5.41) is 6.36. The van der Waals surface area contributed by atoms with Gasteiger partial charge in [0.2, 0.25) is 17.7 Å². The number of fused-ring (bicyclic) bond motifs is 1. The summed E-state index contributed by atoms with van der Waals surface area (Å²) >= 11 is 0. The van der Waals surface area contributed by atoms with Crippen molar-refractivity contribution in [3.05, 3.63) is 48.1 Å². The summed E-state index contributed by atoms with van der Waals surface area (Å²) in [7, 11) is 0. The van der Waals surface area contributed by atoms with Crippen LogP contribution in [0.1, 0.15) is 31.4 Å². The molecule has 2 aliphatic rings. The molecular weight excluding hydrogens is 356 g/mol. The molecule has 0 atom stereocenters. The zero-order chi connectivity index (χ0) is 19.3. The van der Waals surface area contributed by atoms with Crippen LogP contribution in [0.5, 0.6) is 5.75 Å². The molecule has 1 amide bonds. The van der Waals surface area contributed by atoms with Crippen LogP contribution in [-0.2, 0) is 4.79 Å². The Hall–Kier alpha value is -3.29. The van der Waals surface area contributed by atoms with Gasteiger partial charge in [0.1, 0.15) is 5.70 Å². The molecule has 2 aromatic rings. The van der Waals surface area contributed by atoms with Gasteiger partial charge in [-0.05, 0) is 37.5 Å². The Morgan fingerprint density at radius 2 is 2.18 bits per heavy atom. The molecule has 4 N–H and O–H groups in total. The van der Waals surface area contributed by atoms with Gasteiger partial charge in [-0.2, -0.15) is 0 Å². The lowest BCUT2D eigenvalue weighted by Gasteiger charge is -2.26. The number of hydrogen-bond acceptors (Lipinski definition) is 7. The number of para-hydroxylation sites is 2. The number of rotatable bonds is 6. The van der Waals surface area contributed by atoms with Crippen LogP contribution in [0, 0.1) is 0 Å². The van der Waals surface area contributed by atoms with Crippen molar-refractivity contribution in [1.82, 2.24) is 14.9 Å². The van der Waals surface area contributed by atoms with Crippen LogP contribution in [0.2, 0.25) is 0 Å². The topological polar surface area (TPSA) is 105 Å². The van der Waals surface area contributed by atoms with Gasteiger partial charge in [-0.25, -0.2) is 9.97 Å². The van der Waals surface area contributed by atoms with Gasteiger partial charge in [0.25, 0.3) is 0 Å². The van der Waals surface area contributed by atoms with E-state index >= 15 is 0 Å². The maximum Gasteiger partial charge on any atom is 0.223 e. The molecule has 8 nitrogen and oxygen atoms in total. The number of likely N-dealkylation sites (tertiary alicyclic amines) is 1. The van der Waals surface area contributed by atoms with Gasteiger partial charge in [-0.3, -0.25) is 4.79 Å². The molecule has 1 saturated heterocycles. The summed E-state index contributed by atoms with van der Waals surface area (Å²) < 4.78 is 5.76. The Morgan fingerprint density at radius 3 is 3.04 bits per heavy atom. The zero-order valence-electron chi connectivity index (χ0n) is 15.6. The Morgan fingerprint density at radius 1 is 1.29 bits per heavy atom. The van der Waals surface area contributed by atoms with E-state index in [0.717, 1.165) is 43.8 Å². The monoisotopic (exact) mass is 380 g/mol. The molecule has 0 saturated carbocycles. The van der Waals surface area contributed by atoms with E-state index in [9.17, 15) is 4.79 Å². The summed E-state index contributed by atoms with van der Waals surface area (Å²) in [5.74, 6) is 1.96. The van der Waals surface area contributed by atoms with Crippen molar-refractivity contribution >= 4 is 23.2 Å². The number of nitrogens with one attached hydrogen (secondary N) is 2. The summed E-state index contributed by atoms with van der Waals surface area (Å²) in [5.41, 5.74) is 8.12. The first kappa shape index (κ1) is 18.1. The van der Waals surface area contributed by atoms with Gasteiger partial charge in [-0.15, -0.1) is 0 Å². The van der Waals surface area contributed by atoms with Crippen LogP contribution in [0.15, 0.2) is 42.4 Å². The number of piperidine rings is 1. The highest BCUT2D eigenvalue weighted by Crippen LogP contribution is 2.34. The van der Waals surface area contributed by atoms with Crippen molar-refractivity contribution in [2.45, 2.75) is 25.7 Å². The van der Waals surface area contributed by atoms with Crippen molar-refractivity contribution < 1.29 is 9.53 Å². The van der Waals surface area contributed by atoms with Crippen LogP contribution in [0.25, 0.3) is 5.70 Å². The number of benzene rings is 1. The zero-order valence-corrected chi connectivity index (χ0v) is 15.6. The van der Waals surface area contributed by atoms with E-state index < -0.39 is 0 Å². The molecule has 4 rings (SSSR count). The third-order valence-corrected chi connectivity index (χ3v) is 4.83. The molecule has 28 heavy (non-hydrogen) atoms. The Kier molecular flexibility index (Phi) is 5.27. The molecule has 0 aliphatic carbocycles. The van der Waals surface area contributed by atoms with Crippen LogP contribution in [0.3, 0.4) is 0 Å². The fourth-order valence-corrected chi connectivity index (χ4v) is 3.32. The lowest BCUT2D eigenvalue weighted by molar-refractivity contribution is -0.133. The third kappa shape index (κ3) is 4.00. The van der Waals surface area contributed by atoms with Gasteiger partial charge < -0.3 is 26.0 Å². The standard InChI is InChI=1S/C20H24N6O2/c21-18(19-24-14-6-1-2-7-16(14)28-19)15-9-11-23-20(25-15)22-10-5-13-26-12-4-3-8-17(26)27/h1-2,6-7,9,11,24H,3-5,8,10,12-13,21H2,(H,22,23,25)/b19-18+. The maximum absolute atomic E-state index is 11.8. The fraction of sp³-hybridized carbons (Fsp3) is 0.350. The number of aromatic nitrogens is 2. The first-order valence-electron chi connectivity index (χ1n) is 9.59. The summed E-state index contributed by atoms with van der Waals surface area (Å²) in [4.78, 5) is 22.5. The second-order valence-corrected chi connectivity index (χ2v) is 6.85. The quantitative estimate of drug-likeness (QED) is 0.661. The first-order chi connectivity index (χ1) is 13.7. The average molecular weight is 380 g/mol. The molecule has 0 unspecified atom stereocenters. The largest absolute Gasteiger partial charge is 0.437 e. The molecule has 1 fully saturated rings. The number of carbonyl (C=O) groups excluding carboxylic acids is 1. The fourth-order valence-electron chi connectivity index (χ4n) is 3.32. The van der Waals surface area contributed by atoms with Gasteiger partial charge in [0.05, 0.1) is 11.4 Å². The van der Waals surface area contributed by atoms with Gasteiger partial charge in [0, 0.05) is 32.3 Å². The van der Waals surface area contributed by atoms with Crippen molar-refractivity contribution in [2.24, 2.45) is 5.73 Å². The van der Waals surface area contributed by atoms with Crippen molar-refractivity contribution in [2.75, 3.05) is 30.3 Å². The molecule has 1 aromatic heterocycles. The molecular formula is C20H24N6O2. The predicted molar refractivity (Wildman–Crippen MR) is 107 cm³/mol. The minimum absolute atomic E-state index is 0.258. The highest BCUT2D eigenvalue weighted by molar-refractivity contribution is 5.76. The van der Waals surface area contributed by atoms with E-state index in [2.05, 4.69) is 20.6 Å². The number of nitrogens with zero attached hydrogens (tertiary/aromatic N) is 3. The van der Waals surface area contributed by atoms with E-state index in [4.69, 9.17) is 10.5 Å². The Balaban J connectivity index is 1.34. The molecule has 146 valence electrons. The highest BCUT2D eigenvalue weighted by atomic mass is 16.5. The van der Waals surface area contributed by atoms with Gasteiger partial charge in [0.15, 0.2) is 5.75 Å². The Labute approximate surface area is 163 Å². The van der Waals surface area contributed by atoms with E-state index in [0.29, 0.717) is 36.2 Å². The summed E-state index contributed by atoms with van der Waals surface area (Å²) in [6, 6.07) is 9.38. The number of amides is 1. The number of nitrogens with two attached hydrogens (primary N) is 1. The van der Waals surface area contributed by atoms with Crippen LogP contribution in [0.4, 0.5) is 11.6 Å². The first-order valence-corrected chi connectivity index (χ1v) is 9.59. The maximum atomic E-state index is 11.8. The van der Waals surface area contributed by atoms with Crippen LogP contribution in [-0.4, -0.2) is 40.4 Å². The van der Waals surface area contributed by atoms with E-state index in [1.54, 1.807) is 12.3 Å². The Bertz CT molecular complexity index is 871. The normalized spacial score (nSPS) is 17.6. The summed E-state index contributed by atoms with van der Waals surface area (Å²) in [6.45, 7) is 2.31. The number of hydrogen-bond donors (Lipinski definition) is 3. The minimum atomic E-state index is 0.258. The smallest absolute Gasteiger partial charge is 0.223 e. The molecule has 2 aliphatic heterocycles. The second-order valence-electron chi connectivity index (χ2n) is 6.85. The molecule has 0 spiro atoms. The van der Waals surface area contributed by atoms with Crippen molar-refractivity contribution in [3.8, 4) is 5.75 Å². The van der Waals surface area contributed by atoms with Crippen molar-refractivity contribution in [3.63, 3.8) is 0 Å². The molecule has 8 heteroatoms. The number of anilines is 2.